The second-order valence-electron chi connectivity index (χ2n) is 11.1. The van der Waals surface area contributed by atoms with Gasteiger partial charge in [-0.2, -0.15) is 13.2 Å². The van der Waals surface area contributed by atoms with E-state index in [0.717, 1.165) is 25.7 Å². The minimum Gasteiger partial charge on any atom is -0.389 e. The number of ether oxygens (including phenoxy) is 1. The molecule has 0 spiro atoms. The van der Waals surface area contributed by atoms with Crippen molar-refractivity contribution in [3.8, 4) is 0 Å². The summed E-state index contributed by atoms with van der Waals surface area (Å²) in [6.45, 7) is 5.29. The minimum absolute atomic E-state index is 0.0397. The molecule has 3 saturated heterocycles. The van der Waals surface area contributed by atoms with E-state index in [1.165, 1.54) is 30.6 Å². The first kappa shape index (κ1) is 31.3. The van der Waals surface area contributed by atoms with Crippen LogP contribution in [0.1, 0.15) is 56.5 Å². The van der Waals surface area contributed by atoms with Crippen LogP contribution in [0, 0.1) is 5.92 Å². The third kappa shape index (κ3) is 7.68. The van der Waals surface area contributed by atoms with Crippen LogP contribution in [0.15, 0.2) is 28.1 Å². The Labute approximate surface area is 250 Å². The fraction of sp³-hybridized carbons (Fsp3) is 0.643. The summed E-state index contributed by atoms with van der Waals surface area (Å²) in [6.07, 6.45) is 3.43. The van der Waals surface area contributed by atoms with Gasteiger partial charge in [0, 0.05) is 43.0 Å². The minimum atomic E-state index is -4.50. The summed E-state index contributed by atoms with van der Waals surface area (Å²) in [4.78, 5) is 23.7. The lowest BCUT2D eigenvalue weighted by atomic mass is 9.98. The van der Waals surface area contributed by atoms with Crippen molar-refractivity contribution in [2.45, 2.75) is 80.3 Å². The zero-order chi connectivity index (χ0) is 29.9. The smallest absolute Gasteiger partial charge is 0.389 e. The van der Waals surface area contributed by atoms with Gasteiger partial charge in [-0.25, -0.2) is 9.38 Å². The van der Waals surface area contributed by atoms with Crippen molar-refractivity contribution in [2.24, 2.45) is 10.9 Å². The summed E-state index contributed by atoms with van der Waals surface area (Å²) in [7, 11) is 1.86. The average Bonchev–Trinajstić information content (AvgIpc) is 3.70. The first-order chi connectivity index (χ1) is 20.1. The number of anilines is 1. The van der Waals surface area contributed by atoms with E-state index in [0.29, 0.717) is 46.5 Å². The fourth-order valence-corrected chi connectivity index (χ4v) is 7.76. The number of thiophene rings is 1. The number of halogens is 4. The monoisotopic (exact) mass is 631 g/mol. The molecule has 8 nitrogen and oxygen atoms in total. The van der Waals surface area contributed by atoms with Crippen LogP contribution in [0.25, 0.3) is 10.1 Å². The highest BCUT2D eigenvalue weighted by Gasteiger charge is 2.38. The molecule has 4 unspecified atom stereocenters. The van der Waals surface area contributed by atoms with Crippen LogP contribution in [0.4, 0.5) is 23.2 Å². The number of hydrogen-bond donors (Lipinski definition) is 3. The quantitative estimate of drug-likeness (QED) is 0.266. The molecule has 3 N–H and O–H groups in total. The number of aliphatic imine (C=N–C) groups is 1. The number of carbonyl (C=O) groups excluding carboxylic acids is 1. The molecule has 232 valence electrons. The maximum Gasteiger partial charge on any atom is 0.446 e. The first-order valence-corrected chi connectivity index (χ1v) is 16.0. The molecule has 1 aromatic heterocycles. The highest BCUT2D eigenvalue weighted by atomic mass is 32.2. The van der Waals surface area contributed by atoms with Crippen LogP contribution >= 0.6 is 23.1 Å². The summed E-state index contributed by atoms with van der Waals surface area (Å²) >= 11 is 0.978. The number of carbonyl (C=O) groups is 1. The Kier molecular flexibility index (Phi) is 10.2. The van der Waals surface area contributed by atoms with Gasteiger partial charge < -0.3 is 25.1 Å². The highest BCUT2D eigenvalue weighted by molar-refractivity contribution is 8.00. The van der Waals surface area contributed by atoms with E-state index in [1.807, 2.05) is 11.9 Å². The predicted molar refractivity (Wildman–Crippen MR) is 158 cm³/mol. The zero-order valence-corrected chi connectivity index (χ0v) is 25.3. The molecule has 6 rings (SSSR count). The number of hydrogen-bond acceptors (Lipinski definition) is 9. The summed E-state index contributed by atoms with van der Waals surface area (Å²) in [5.74, 6) is 1.09. The Morgan fingerprint density at radius 2 is 2.00 bits per heavy atom. The van der Waals surface area contributed by atoms with E-state index < -0.39 is 29.9 Å². The number of fused-ring (bicyclic) bond motifs is 1. The normalized spacial score (nSPS) is 27.3. The van der Waals surface area contributed by atoms with Gasteiger partial charge in [-0.05, 0) is 56.5 Å². The van der Waals surface area contributed by atoms with Crippen molar-refractivity contribution in [3.05, 3.63) is 23.1 Å². The van der Waals surface area contributed by atoms with E-state index in [2.05, 4.69) is 28.0 Å². The Balaban J connectivity index is 0.000000382. The number of hydroxylamine groups is 1. The number of nitrogens with zero attached hydrogens (tertiary/aromatic N) is 2. The van der Waals surface area contributed by atoms with Gasteiger partial charge in [0.1, 0.15) is 12.2 Å². The lowest BCUT2D eigenvalue weighted by Crippen LogP contribution is -2.46. The molecule has 4 aliphatic heterocycles. The second kappa shape index (κ2) is 13.7. The third-order valence-corrected chi connectivity index (χ3v) is 10.3. The molecule has 4 aliphatic rings. The molecule has 0 saturated carbocycles. The number of nitrogens with one attached hydrogen (secondary N) is 3. The largest absolute Gasteiger partial charge is 0.446 e. The lowest BCUT2D eigenvalue weighted by Gasteiger charge is -2.33. The van der Waals surface area contributed by atoms with E-state index in [9.17, 15) is 22.4 Å². The van der Waals surface area contributed by atoms with Crippen molar-refractivity contribution in [1.82, 2.24) is 15.7 Å². The van der Waals surface area contributed by atoms with Crippen molar-refractivity contribution in [2.75, 3.05) is 38.7 Å². The average molecular weight is 632 g/mol. The van der Waals surface area contributed by atoms with Crippen LogP contribution in [-0.2, 0) is 14.4 Å². The van der Waals surface area contributed by atoms with Crippen molar-refractivity contribution in [1.29, 1.82) is 0 Å². The Hall–Kier alpha value is -2.13. The van der Waals surface area contributed by atoms with Crippen molar-refractivity contribution in [3.63, 3.8) is 0 Å². The summed E-state index contributed by atoms with van der Waals surface area (Å²) in [5.41, 5.74) is -1.20. The van der Waals surface area contributed by atoms with E-state index in [1.54, 1.807) is 18.2 Å². The fourth-order valence-electron chi connectivity index (χ4n) is 5.57. The first-order valence-electron chi connectivity index (χ1n) is 14.4. The number of alkyl halides is 4. The van der Waals surface area contributed by atoms with Gasteiger partial charge in [0.05, 0.1) is 21.3 Å². The van der Waals surface area contributed by atoms with Crippen molar-refractivity contribution >= 4 is 50.7 Å². The summed E-state index contributed by atoms with van der Waals surface area (Å²) < 4.78 is 60.9. The van der Waals surface area contributed by atoms with E-state index in [-0.39, 0.29) is 28.5 Å². The van der Waals surface area contributed by atoms with Crippen LogP contribution in [0.3, 0.4) is 0 Å². The molecule has 1 amide bonds. The molecule has 14 heteroatoms. The number of benzene rings is 1. The molecule has 3 fully saturated rings. The van der Waals surface area contributed by atoms with Crippen LogP contribution in [0.5, 0.6) is 0 Å². The van der Waals surface area contributed by atoms with Crippen LogP contribution < -0.4 is 16.1 Å². The number of likely N-dealkylation sites (tertiary alicyclic amines) is 1. The summed E-state index contributed by atoms with van der Waals surface area (Å²) in [5, 5.41) is 6.40. The molecular formula is C28H37F4N5O3S2. The van der Waals surface area contributed by atoms with Gasteiger partial charge in [0.2, 0.25) is 11.8 Å². The number of rotatable bonds is 6. The number of thioether (sulfide) groups is 1. The van der Waals surface area contributed by atoms with Gasteiger partial charge in [-0.1, -0.05) is 25.5 Å². The van der Waals surface area contributed by atoms with Gasteiger partial charge >= 0.3 is 5.51 Å². The maximum absolute atomic E-state index is 14.6. The highest BCUT2D eigenvalue weighted by Crippen LogP contribution is 2.50. The summed E-state index contributed by atoms with van der Waals surface area (Å²) in [6, 6.07) is 4.24. The molecule has 0 bridgehead atoms. The Morgan fingerprint density at radius 3 is 2.64 bits per heavy atom. The Bertz CT molecular complexity index is 1270. The molecule has 0 radical (unpaired) electrons. The lowest BCUT2D eigenvalue weighted by molar-refractivity contribution is -0.119. The maximum atomic E-state index is 14.6. The third-order valence-electron chi connectivity index (χ3n) is 7.99. The standard InChI is InChI=1S/C21H23F4N5O2S2.C7H14O/c1-30-8-7-12(11(22)9-30)26-13-4-2-3-10-16(13)33-18(17(10)34-21(23,24)25)19-28-20(32-29-19)14-5-6-15(31)27-14;1-2-7-3-5-8-6-4-7/h2-4,11-12,14,19,26,29H,5-9H2,1H3,(H,27,31);7H,2-6H2,1H3. The molecule has 0 aliphatic carbocycles. The zero-order valence-electron chi connectivity index (χ0n) is 23.6. The van der Waals surface area contributed by atoms with Crippen molar-refractivity contribution < 1.29 is 31.9 Å². The van der Waals surface area contributed by atoms with Crippen LogP contribution in [0.2, 0.25) is 0 Å². The van der Waals surface area contributed by atoms with E-state index in [4.69, 9.17) is 9.57 Å². The molecule has 5 heterocycles. The number of piperidine rings is 1. The van der Waals surface area contributed by atoms with E-state index >= 15 is 0 Å². The topological polar surface area (TPSA) is 87.2 Å². The van der Waals surface area contributed by atoms with Gasteiger partial charge in [0.15, 0.2) is 6.17 Å². The molecule has 4 atom stereocenters. The predicted octanol–water partition coefficient (Wildman–Crippen LogP) is 6.00. The molecule has 2 aromatic rings. The molecular weight excluding hydrogens is 594 g/mol. The SMILES string of the molecule is CCC1CCOCC1.CN1CCC(Nc2cccc3c(SC(F)(F)F)c(C4N=C(C5CCC(=O)N5)ON4)sc23)C(F)C1. The Morgan fingerprint density at radius 1 is 1.21 bits per heavy atom. The second-order valence-corrected chi connectivity index (χ2v) is 13.2. The molecule has 1 aromatic carbocycles. The number of amides is 1. The van der Waals surface area contributed by atoms with Gasteiger partial charge in [-0.15, -0.1) is 16.8 Å². The molecule has 42 heavy (non-hydrogen) atoms. The van der Waals surface area contributed by atoms with Gasteiger partial charge in [-0.3, -0.25) is 4.79 Å². The van der Waals surface area contributed by atoms with Crippen LogP contribution in [-0.4, -0.2) is 73.8 Å². The van der Waals surface area contributed by atoms with Gasteiger partial charge in [0.25, 0.3) is 0 Å².